The number of thiol groups is 1. The number of para-hydroxylation sites is 1. The monoisotopic (exact) mass is 585 g/mol. The molecule has 2 aromatic carbocycles. The van der Waals surface area contributed by atoms with Crippen LogP contribution in [0.2, 0.25) is 0 Å². The van der Waals surface area contributed by atoms with Gasteiger partial charge in [0.1, 0.15) is 12.6 Å². The minimum Gasteiger partial charge on any atom is -0.465 e. The zero-order chi connectivity index (χ0) is 29.6. The minimum absolute atomic E-state index is 0.0295. The van der Waals surface area contributed by atoms with Crippen LogP contribution in [0.15, 0.2) is 54.6 Å². The Hall–Kier alpha value is -3.44. The molecule has 1 amide bonds. The smallest absolute Gasteiger partial charge is 0.410 e. The fraction of sp³-hybridized carbons (Fsp3) is 0.500. The highest BCUT2D eigenvalue weighted by Crippen LogP contribution is 2.24. The van der Waals surface area contributed by atoms with Crippen LogP contribution in [0.3, 0.4) is 0 Å². The van der Waals surface area contributed by atoms with Gasteiger partial charge in [-0.15, -0.1) is 12.6 Å². The quantitative estimate of drug-likeness (QED) is 0.0972. The Morgan fingerprint density at radius 3 is 2.37 bits per heavy atom. The maximum atomic E-state index is 12.7. The number of unbranched alkanes of at least 4 members (excludes halogenated alkanes) is 1. The van der Waals surface area contributed by atoms with E-state index in [0.717, 1.165) is 37.7 Å². The van der Waals surface area contributed by atoms with Gasteiger partial charge in [-0.25, -0.2) is 4.79 Å². The number of hydrogen-bond donors (Lipinski definition) is 2. The zero-order valence-electron chi connectivity index (χ0n) is 23.4. The van der Waals surface area contributed by atoms with Gasteiger partial charge in [-0.1, -0.05) is 67.8 Å². The lowest BCUT2D eigenvalue weighted by atomic mass is 9.91. The third-order valence-electron chi connectivity index (χ3n) is 7.32. The summed E-state index contributed by atoms with van der Waals surface area (Å²) in [5, 5.41) is 14.0. The number of carbonyl (C=O) groups excluding carboxylic acids is 3. The molecule has 41 heavy (non-hydrogen) atoms. The van der Waals surface area contributed by atoms with Crippen LogP contribution in [-0.4, -0.2) is 58.8 Å². The second kappa shape index (κ2) is 16.7. The lowest BCUT2D eigenvalue weighted by Gasteiger charge is -2.31. The molecule has 10 nitrogen and oxygen atoms in total. The van der Waals surface area contributed by atoms with Crippen molar-refractivity contribution in [3.05, 3.63) is 75.8 Å². The van der Waals surface area contributed by atoms with E-state index in [2.05, 4.69) is 17.9 Å². The maximum Gasteiger partial charge on any atom is 0.410 e. The number of amides is 1. The predicted octanol–water partition coefficient (Wildman–Crippen LogP) is 5.09. The zero-order valence-corrected chi connectivity index (χ0v) is 24.3. The normalized spacial score (nSPS) is 15.1. The summed E-state index contributed by atoms with van der Waals surface area (Å²) in [4.78, 5) is 50.1. The van der Waals surface area contributed by atoms with E-state index in [9.17, 15) is 24.5 Å². The molecule has 1 N–H and O–H groups in total. The average molecular weight is 586 g/mol. The van der Waals surface area contributed by atoms with Gasteiger partial charge in [0, 0.05) is 31.1 Å². The fourth-order valence-electron chi connectivity index (χ4n) is 5.05. The highest BCUT2D eigenvalue weighted by Gasteiger charge is 2.28. The van der Waals surface area contributed by atoms with Crippen molar-refractivity contribution >= 4 is 35.5 Å². The summed E-state index contributed by atoms with van der Waals surface area (Å²) >= 11 is 3.98. The summed E-state index contributed by atoms with van der Waals surface area (Å²) in [7, 11) is 0. The van der Waals surface area contributed by atoms with Crippen molar-refractivity contribution in [2.45, 2.75) is 70.6 Å². The van der Waals surface area contributed by atoms with Crippen LogP contribution >= 0.6 is 12.6 Å². The molecule has 222 valence electrons. The molecule has 2 aromatic rings. The first kappa shape index (κ1) is 32.1. The van der Waals surface area contributed by atoms with E-state index in [1.54, 1.807) is 30.0 Å². The Morgan fingerprint density at radius 2 is 1.71 bits per heavy atom. The largest absolute Gasteiger partial charge is 0.465 e. The van der Waals surface area contributed by atoms with Gasteiger partial charge in [0.25, 0.3) is 5.69 Å². The molecular weight excluding hydrogens is 546 g/mol. The molecule has 1 unspecified atom stereocenters. The summed E-state index contributed by atoms with van der Waals surface area (Å²) in [5.74, 6) is 0.0181. The Morgan fingerprint density at radius 1 is 1.02 bits per heavy atom. The van der Waals surface area contributed by atoms with Gasteiger partial charge in [-0.05, 0) is 37.7 Å². The third-order valence-corrected chi connectivity index (χ3v) is 7.63. The van der Waals surface area contributed by atoms with Gasteiger partial charge < -0.3 is 14.4 Å². The number of hydrogen-bond acceptors (Lipinski definition) is 8. The van der Waals surface area contributed by atoms with Crippen molar-refractivity contribution in [3.63, 3.8) is 0 Å². The van der Waals surface area contributed by atoms with Crippen molar-refractivity contribution in [1.82, 2.24) is 10.2 Å². The molecule has 1 aliphatic rings. The molecule has 1 heterocycles. The van der Waals surface area contributed by atoms with Crippen LogP contribution in [0.5, 0.6) is 0 Å². The molecule has 0 saturated carbocycles. The van der Waals surface area contributed by atoms with E-state index in [1.807, 2.05) is 30.3 Å². The van der Waals surface area contributed by atoms with Crippen molar-refractivity contribution in [3.8, 4) is 0 Å². The first-order chi connectivity index (χ1) is 19.8. The number of esters is 1. The molecule has 0 bridgehead atoms. The SMILES string of the molecule is CCOC(=O)[C@@H](CCCCC1CCN(C(=O)OCc2ccccc2)CC1)NC(Cc1ccccc1[N+](=O)[O-])C(=O)S. The second-order valence-corrected chi connectivity index (χ2v) is 10.6. The summed E-state index contributed by atoms with van der Waals surface area (Å²) in [6, 6.07) is 14.2. The van der Waals surface area contributed by atoms with Gasteiger partial charge in [-0.3, -0.25) is 25.0 Å². The summed E-state index contributed by atoms with van der Waals surface area (Å²) in [5.41, 5.74) is 1.25. The first-order valence-corrected chi connectivity index (χ1v) is 14.6. The Labute approximate surface area is 246 Å². The number of nitrogens with zero attached hydrogens (tertiary/aromatic N) is 2. The molecule has 2 atom stereocenters. The number of likely N-dealkylation sites (tertiary alicyclic amines) is 1. The fourth-order valence-corrected chi connectivity index (χ4v) is 5.22. The van der Waals surface area contributed by atoms with E-state index >= 15 is 0 Å². The van der Waals surface area contributed by atoms with Crippen molar-refractivity contribution in [2.75, 3.05) is 19.7 Å². The van der Waals surface area contributed by atoms with Gasteiger partial charge in [0.05, 0.1) is 17.6 Å². The number of ether oxygens (including phenoxy) is 2. The lowest BCUT2D eigenvalue weighted by molar-refractivity contribution is -0.385. The van der Waals surface area contributed by atoms with Crippen LogP contribution in [0, 0.1) is 16.0 Å². The summed E-state index contributed by atoms with van der Waals surface area (Å²) in [6.45, 7) is 3.49. The molecule has 1 fully saturated rings. The number of carbonyl (C=O) groups is 3. The van der Waals surface area contributed by atoms with E-state index in [0.29, 0.717) is 31.0 Å². The standard InChI is InChI=1S/C30H39N3O7S/c1-2-39-28(34)25(31-26(29(35)41)20-24-13-7-9-15-27(24)33(37)38)14-8-6-10-22-16-18-32(19-17-22)30(36)40-21-23-11-4-3-5-12-23/h3-5,7,9,11-13,15,22,25-26,31H,2,6,8,10,14,16-21H2,1H3,(H,35,41)/t25-,26?/m1/s1. The average Bonchev–Trinajstić information content (AvgIpc) is 2.97. The van der Waals surface area contributed by atoms with Crippen LogP contribution in [0.4, 0.5) is 10.5 Å². The first-order valence-electron chi connectivity index (χ1n) is 14.1. The van der Waals surface area contributed by atoms with Gasteiger partial charge in [-0.2, -0.15) is 0 Å². The van der Waals surface area contributed by atoms with Crippen LogP contribution in [-0.2, 0) is 32.1 Å². The molecule has 1 saturated heterocycles. The van der Waals surface area contributed by atoms with E-state index in [1.165, 1.54) is 6.07 Å². The Kier molecular flexibility index (Phi) is 13.1. The van der Waals surface area contributed by atoms with E-state index in [4.69, 9.17) is 9.47 Å². The molecule has 0 radical (unpaired) electrons. The number of nitro groups is 1. The molecule has 11 heteroatoms. The number of nitrogens with one attached hydrogen (secondary N) is 1. The summed E-state index contributed by atoms with van der Waals surface area (Å²) in [6.07, 6.45) is 4.56. The third kappa shape index (κ3) is 10.5. The van der Waals surface area contributed by atoms with Crippen LogP contribution in [0.1, 0.15) is 56.6 Å². The predicted molar refractivity (Wildman–Crippen MR) is 158 cm³/mol. The van der Waals surface area contributed by atoms with Gasteiger partial charge in [0.2, 0.25) is 5.12 Å². The van der Waals surface area contributed by atoms with Crippen molar-refractivity contribution in [1.29, 1.82) is 0 Å². The van der Waals surface area contributed by atoms with Crippen LogP contribution < -0.4 is 5.32 Å². The maximum absolute atomic E-state index is 12.7. The Bertz CT molecular complexity index is 1160. The van der Waals surface area contributed by atoms with E-state index in [-0.39, 0.29) is 31.4 Å². The van der Waals surface area contributed by atoms with Crippen LogP contribution in [0.25, 0.3) is 0 Å². The highest BCUT2D eigenvalue weighted by molar-refractivity contribution is 7.96. The van der Waals surface area contributed by atoms with Crippen molar-refractivity contribution in [2.24, 2.45) is 5.92 Å². The molecule has 3 rings (SSSR count). The van der Waals surface area contributed by atoms with Gasteiger partial charge >= 0.3 is 12.1 Å². The number of benzene rings is 2. The van der Waals surface area contributed by atoms with E-state index < -0.39 is 28.1 Å². The highest BCUT2D eigenvalue weighted by atomic mass is 32.1. The second-order valence-electron chi connectivity index (χ2n) is 10.2. The Balaban J connectivity index is 1.45. The van der Waals surface area contributed by atoms with Crippen molar-refractivity contribution < 1.29 is 28.8 Å². The summed E-state index contributed by atoms with van der Waals surface area (Å²) < 4.78 is 10.7. The lowest BCUT2D eigenvalue weighted by Crippen LogP contribution is -2.47. The van der Waals surface area contributed by atoms with Gasteiger partial charge in [0.15, 0.2) is 0 Å². The molecule has 0 spiro atoms. The number of piperidine rings is 1. The minimum atomic E-state index is -0.889. The topological polar surface area (TPSA) is 128 Å². The molecule has 0 aromatic heterocycles. The number of rotatable bonds is 15. The number of nitro benzene ring substituents is 1. The molecular formula is C30H39N3O7S. The molecule has 1 aliphatic heterocycles. The molecule has 0 aliphatic carbocycles.